The van der Waals surface area contributed by atoms with Crippen molar-refractivity contribution in [2.24, 2.45) is 0 Å². The van der Waals surface area contributed by atoms with Gasteiger partial charge in [0.2, 0.25) is 0 Å². The van der Waals surface area contributed by atoms with Crippen LogP contribution in [0.3, 0.4) is 0 Å². The highest BCUT2D eigenvalue weighted by Gasteiger charge is 2.20. The van der Waals surface area contributed by atoms with Crippen molar-refractivity contribution in [1.29, 1.82) is 0 Å². The number of fused-ring (bicyclic) bond motifs is 1. The molecule has 19 heavy (non-hydrogen) atoms. The number of aromatic nitrogens is 3. The summed E-state index contributed by atoms with van der Waals surface area (Å²) in [7, 11) is 1.57. The van der Waals surface area contributed by atoms with Crippen LogP contribution in [0, 0.1) is 0 Å². The van der Waals surface area contributed by atoms with Gasteiger partial charge in [-0.3, -0.25) is 4.79 Å². The van der Waals surface area contributed by atoms with E-state index in [1.54, 1.807) is 17.8 Å². The summed E-state index contributed by atoms with van der Waals surface area (Å²) in [6.07, 6.45) is 4.14. The van der Waals surface area contributed by atoms with E-state index in [0.29, 0.717) is 11.2 Å². The first-order valence-electron chi connectivity index (χ1n) is 6.32. The Balaban J connectivity index is 2.12. The molecule has 2 aromatic rings. The number of nitrogens with one attached hydrogen (secondary N) is 1. The number of nitrogens with two attached hydrogens (primary N) is 1. The molecule has 7 nitrogen and oxygen atoms in total. The molecule has 1 fully saturated rings. The molecule has 0 saturated carbocycles. The number of amides is 1. The van der Waals surface area contributed by atoms with Crippen LogP contribution in [0.4, 0.5) is 11.6 Å². The summed E-state index contributed by atoms with van der Waals surface area (Å²) < 4.78 is 1.54. The molecular weight excluding hydrogens is 244 g/mol. The molecule has 1 aliphatic rings. The highest BCUT2D eigenvalue weighted by Crippen LogP contribution is 2.22. The van der Waals surface area contributed by atoms with Crippen LogP contribution in [0.2, 0.25) is 0 Å². The molecule has 1 amide bonds. The van der Waals surface area contributed by atoms with Gasteiger partial charge in [0.25, 0.3) is 5.91 Å². The predicted molar refractivity (Wildman–Crippen MR) is 72.2 cm³/mol. The summed E-state index contributed by atoms with van der Waals surface area (Å²) in [5.74, 6) is 0.805. The molecule has 0 unspecified atom stereocenters. The molecule has 0 spiro atoms. The van der Waals surface area contributed by atoms with E-state index in [1.807, 2.05) is 6.07 Å². The first-order valence-corrected chi connectivity index (χ1v) is 6.32. The van der Waals surface area contributed by atoms with Gasteiger partial charge in [0.1, 0.15) is 11.4 Å². The number of carbonyl (C=O) groups excluding carboxylic acids is 1. The topological polar surface area (TPSA) is 88.5 Å². The van der Waals surface area contributed by atoms with Crippen LogP contribution >= 0.6 is 0 Å². The summed E-state index contributed by atoms with van der Waals surface area (Å²) >= 11 is 0. The fourth-order valence-corrected chi connectivity index (χ4v) is 2.40. The lowest BCUT2D eigenvalue weighted by Gasteiger charge is -2.15. The predicted octanol–water partition coefficient (Wildman–Crippen LogP) is 0.271. The minimum absolute atomic E-state index is 0.199. The minimum Gasteiger partial charge on any atom is -0.381 e. The van der Waals surface area contributed by atoms with E-state index in [9.17, 15) is 4.79 Å². The lowest BCUT2D eigenvalue weighted by molar-refractivity contribution is 0.0965. The average molecular weight is 260 g/mol. The number of carbonyl (C=O) groups is 1. The smallest absolute Gasteiger partial charge is 0.258 e. The zero-order valence-electron chi connectivity index (χ0n) is 10.8. The molecule has 3 rings (SSSR count). The van der Waals surface area contributed by atoms with Gasteiger partial charge in [-0.05, 0) is 18.9 Å². The van der Waals surface area contributed by atoms with Crippen molar-refractivity contribution in [2.75, 3.05) is 30.8 Å². The molecule has 0 aromatic carbocycles. The third-order valence-electron chi connectivity index (χ3n) is 3.38. The second kappa shape index (κ2) is 4.42. The van der Waals surface area contributed by atoms with Crippen LogP contribution in [0.15, 0.2) is 12.3 Å². The van der Waals surface area contributed by atoms with Crippen LogP contribution < -0.4 is 16.0 Å². The summed E-state index contributed by atoms with van der Waals surface area (Å²) in [4.78, 5) is 18.6. The van der Waals surface area contributed by atoms with Crippen LogP contribution in [0.25, 0.3) is 5.65 Å². The van der Waals surface area contributed by atoms with Gasteiger partial charge in [-0.15, -0.1) is 5.10 Å². The maximum absolute atomic E-state index is 11.8. The molecular formula is C12H16N6O. The molecule has 3 N–H and O–H groups in total. The Morgan fingerprint density at radius 1 is 1.42 bits per heavy atom. The lowest BCUT2D eigenvalue weighted by Crippen LogP contribution is -2.21. The van der Waals surface area contributed by atoms with Crippen molar-refractivity contribution in [2.45, 2.75) is 12.8 Å². The molecule has 2 aromatic heterocycles. The molecule has 1 aliphatic heterocycles. The van der Waals surface area contributed by atoms with E-state index in [4.69, 9.17) is 5.73 Å². The van der Waals surface area contributed by atoms with E-state index < -0.39 is 0 Å². The van der Waals surface area contributed by atoms with Crippen molar-refractivity contribution in [3.05, 3.63) is 17.8 Å². The van der Waals surface area contributed by atoms with Crippen molar-refractivity contribution < 1.29 is 4.79 Å². The first-order chi connectivity index (χ1) is 9.20. The Morgan fingerprint density at radius 3 is 2.84 bits per heavy atom. The van der Waals surface area contributed by atoms with Crippen molar-refractivity contribution >= 4 is 23.2 Å². The van der Waals surface area contributed by atoms with Gasteiger partial charge >= 0.3 is 0 Å². The Labute approximate surface area is 110 Å². The Morgan fingerprint density at radius 2 is 2.16 bits per heavy atom. The summed E-state index contributed by atoms with van der Waals surface area (Å²) in [5.41, 5.74) is 6.62. The molecule has 100 valence electrons. The van der Waals surface area contributed by atoms with E-state index in [-0.39, 0.29) is 11.7 Å². The molecule has 0 aliphatic carbocycles. The average Bonchev–Trinajstić information content (AvgIpc) is 3.03. The Hall–Kier alpha value is -2.31. The zero-order valence-corrected chi connectivity index (χ0v) is 10.8. The molecule has 0 atom stereocenters. The molecule has 7 heteroatoms. The molecule has 0 bridgehead atoms. The Kier molecular flexibility index (Phi) is 2.73. The van der Waals surface area contributed by atoms with Crippen molar-refractivity contribution in [3.63, 3.8) is 0 Å². The second-order valence-corrected chi connectivity index (χ2v) is 4.59. The van der Waals surface area contributed by atoms with Gasteiger partial charge in [-0.25, -0.2) is 9.50 Å². The Bertz CT molecular complexity index is 628. The minimum atomic E-state index is -0.265. The molecule has 1 saturated heterocycles. The molecule has 3 heterocycles. The van der Waals surface area contributed by atoms with Gasteiger partial charge in [0.15, 0.2) is 11.5 Å². The monoisotopic (exact) mass is 260 g/mol. The summed E-state index contributed by atoms with van der Waals surface area (Å²) in [5, 5.41) is 6.67. The van der Waals surface area contributed by atoms with Crippen LogP contribution in [0.1, 0.15) is 23.2 Å². The maximum atomic E-state index is 11.8. The zero-order chi connectivity index (χ0) is 13.4. The van der Waals surface area contributed by atoms with Gasteiger partial charge in [0, 0.05) is 26.3 Å². The summed E-state index contributed by atoms with van der Waals surface area (Å²) in [6, 6.07) is 1.90. The number of nitrogen functional groups attached to an aromatic ring is 1. The number of anilines is 2. The van der Waals surface area contributed by atoms with Gasteiger partial charge in [0.05, 0.1) is 0 Å². The highest BCUT2D eigenvalue weighted by molar-refractivity contribution is 6.04. The molecule has 0 radical (unpaired) electrons. The number of rotatable bonds is 2. The van der Waals surface area contributed by atoms with Crippen LogP contribution in [-0.4, -0.2) is 40.6 Å². The van der Waals surface area contributed by atoms with E-state index in [1.165, 1.54) is 12.8 Å². The largest absolute Gasteiger partial charge is 0.381 e. The number of hydrogen-bond acceptors (Lipinski definition) is 5. The van der Waals surface area contributed by atoms with Gasteiger partial charge in [-0.1, -0.05) is 0 Å². The number of nitrogens with zero attached hydrogens (tertiary/aromatic N) is 4. The fourth-order valence-electron chi connectivity index (χ4n) is 2.40. The number of hydrogen-bond donors (Lipinski definition) is 2. The summed E-state index contributed by atoms with van der Waals surface area (Å²) in [6.45, 7) is 2.00. The normalized spacial score (nSPS) is 15.1. The SMILES string of the molecule is CNC(=O)c1c(N)nn2ccc(N3CCCC3)nc12. The third kappa shape index (κ3) is 1.87. The first kappa shape index (κ1) is 11.8. The van der Waals surface area contributed by atoms with E-state index in [0.717, 1.165) is 18.9 Å². The standard InChI is InChI=1S/C12H16N6O/c1-14-12(19)9-10(13)16-18-7-4-8(15-11(9)18)17-5-2-3-6-17/h4,7H,2-3,5-6H2,1H3,(H2,13,16)(H,14,19). The maximum Gasteiger partial charge on any atom is 0.258 e. The third-order valence-corrected chi connectivity index (χ3v) is 3.38. The van der Waals surface area contributed by atoms with Crippen LogP contribution in [0.5, 0.6) is 0 Å². The van der Waals surface area contributed by atoms with Crippen molar-refractivity contribution in [3.8, 4) is 0 Å². The van der Waals surface area contributed by atoms with E-state index in [2.05, 4.69) is 20.3 Å². The van der Waals surface area contributed by atoms with E-state index >= 15 is 0 Å². The van der Waals surface area contributed by atoms with Crippen molar-refractivity contribution in [1.82, 2.24) is 19.9 Å². The second-order valence-electron chi connectivity index (χ2n) is 4.59. The van der Waals surface area contributed by atoms with Gasteiger partial charge < -0.3 is 16.0 Å². The quantitative estimate of drug-likeness (QED) is 0.809. The lowest BCUT2D eigenvalue weighted by atomic mass is 10.3. The van der Waals surface area contributed by atoms with Gasteiger partial charge in [-0.2, -0.15) is 0 Å². The van der Waals surface area contributed by atoms with Crippen LogP contribution in [-0.2, 0) is 0 Å². The highest BCUT2D eigenvalue weighted by atomic mass is 16.1. The fraction of sp³-hybridized carbons (Fsp3) is 0.417.